The van der Waals surface area contributed by atoms with Crippen molar-refractivity contribution in [2.45, 2.75) is 25.4 Å². The van der Waals surface area contributed by atoms with Crippen LogP contribution in [0.4, 0.5) is 5.13 Å². The van der Waals surface area contributed by atoms with Gasteiger partial charge in [0.25, 0.3) is 11.8 Å². The lowest BCUT2D eigenvalue weighted by Gasteiger charge is -2.50. The number of aromatic nitrogens is 3. The smallest absolute Gasteiger partial charge is 0.418 e. The Morgan fingerprint density at radius 1 is 1.33 bits per heavy atom. The average molecular weight is 544 g/mol. The zero-order valence-electron chi connectivity index (χ0n) is 18.7. The zero-order valence-corrected chi connectivity index (χ0v) is 20.4. The van der Waals surface area contributed by atoms with Gasteiger partial charge in [0.15, 0.2) is 17.5 Å². The number of anilines is 1. The summed E-state index contributed by atoms with van der Waals surface area (Å²) in [4.78, 5) is 34.3. The van der Waals surface area contributed by atoms with Crippen LogP contribution in [-0.2, 0) is 29.1 Å². The molecule has 1 saturated heterocycles. The number of oxime groups is 1. The van der Waals surface area contributed by atoms with Gasteiger partial charge in [-0.25, -0.2) is 4.98 Å². The van der Waals surface area contributed by atoms with Crippen LogP contribution in [0.3, 0.4) is 0 Å². The Morgan fingerprint density at radius 2 is 2.06 bits per heavy atom. The second-order valence-corrected chi connectivity index (χ2v) is 9.45. The molecule has 2 amide bonds. The molecular weight excluding hydrogens is 522 g/mol. The minimum atomic E-state index is -4.95. The quantitative estimate of drug-likeness (QED) is 0.0537. The topological polar surface area (TPSA) is 258 Å². The molecule has 0 spiro atoms. The summed E-state index contributed by atoms with van der Waals surface area (Å²) < 4.78 is 40.3. The molecule has 3 heterocycles. The molecule has 2 aromatic heterocycles. The van der Waals surface area contributed by atoms with Crippen LogP contribution in [0.2, 0.25) is 0 Å². The van der Waals surface area contributed by atoms with E-state index in [0.29, 0.717) is 5.06 Å². The number of carbonyl (C=O) groups excluding carboxylic acids is 2. The summed E-state index contributed by atoms with van der Waals surface area (Å²) in [6.45, 7) is 2.64. The number of carbonyl (C=O) groups is 2. The van der Waals surface area contributed by atoms with Gasteiger partial charge in [0.1, 0.15) is 29.9 Å². The number of hydrogen-bond donors (Lipinski definition) is 5. The number of rotatable bonds is 11. The molecule has 19 heteroatoms. The van der Waals surface area contributed by atoms with Crippen LogP contribution in [0, 0.1) is 5.41 Å². The number of β-lactam (4-membered cyclic amide) rings is 1. The molecule has 194 valence electrons. The van der Waals surface area contributed by atoms with Gasteiger partial charge in [-0.1, -0.05) is 5.16 Å². The summed E-state index contributed by atoms with van der Waals surface area (Å²) in [7, 11) is -4.95. The minimum absolute atomic E-state index is 0.0399. The van der Waals surface area contributed by atoms with E-state index in [0.717, 1.165) is 11.3 Å². The van der Waals surface area contributed by atoms with E-state index < -0.39 is 33.8 Å². The second-order valence-electron chi connectivity index (χ2n) is 7.56. The highest BCUT2D eigenvalue weighted by molar-refractivity contribution is 7.80. The number of nitrogens with one attached hydrogen (secondary N) is 2. The third-order valence-corrected chi connectivity index (χ3v) is 5.61. The first kappa shape index (κ1) is 26.7. The Hall–Kier alpha value is -3.94. The number of nitrogen functional groups attached to an aromatic ring is 2. The number of amidine groups is 1. The molecule has 0 bridgehead atoms. The third-order valence-electron chi connectivity index (χ3n) is 4.60. The van der Waals surface area contributed by atoms with Gasteiger partial charge in [0, 0.05) is 11.4 Å². The largest absolute Gasteiger partial charge is 0.473 e. The van der Waals surface area contributed by atoms with E-state index in [-0.39, 0.29) is 47.2 Å². The van der Waals surface area contributed by atoms with Crippen molar-refractivity contribution in [3.8, 4) is 5.88 Å². The number of hydroxylamine groups is 2. The molecule has 1 aliphatic rings. The van der Waals surface area contributed by atoms with Gasteiger partial charge >= 0.3 is 10.4 Å². The Labute approximate surface area is 207 Å². The van der Waals surface area contributed by atoms with E-state index in [2.05, 4.69) is 29.9 Å². The van der Waals surface area contributed by atoms with Crippen molar-refractivity contribution in [3.05, 3.63) is 28.9 Å². The fourth-order valence-electron chi connectivity index (χ4n) is 2.85. The van der Waals surface area contributed by atoms with Crippen molar-refractivity contribution in [3.63, 3.8) is 0 Å². The first-order valence-electron chi connectivity index (χ1n) is 9.84. The number of ether oxygens (including phenoxy) is 1. The van der Waals surface area contributed by atoms with E-state index in [1.807, 2.05) is 0 Å². The van der Waals surface area contributed by atoms with E-state index in [4.69, 9.17) is 31.0 Å². The predicted molar refractivity (Wildman–Crippen MR) is 123 cm³/mol. The van der Waals surface area contributed by atoms with Crippen LogP contribution in [0.5, 0.6) is 5.88 Å². The summed E-state index contributed by atoms with van der Waals surface area (Å²) >= 11 is 1.04. The molecule has 1 atom stereocenters. The van der Waals surface area contributed by atoms with Crippen LogP contribution in [-0.4, -0.2) is 81.4 Å². The van der Waals surface area contributed by atoms with Crippen LogP contribution in [0.25, 0.3) is 0 Å². The van der Waals surface area contributed by atoms with Crippen molar-refractivity contribution in [2.75, 3.05) is 18.9 Å². The van der Waals surface area contributed by atoms with Crippen molar-refractivity contribution in [1.29, 1.82) is 5.41 Å². The molecule has 17 nitrogen and oxygen atoms in total. The molecule has 0 aliphatic carbocycles. The van der Waals surface area contributed by atoms with Crippen LogP contribution in [0.15, 0.2) is 22.7 Å². The fraction of sp³-hybridized carbons (Fsp3) is 0.353. The summed E-state index contributed by atoms with van der Waals surface area (Å²) in [5, 5.41) is 22.9. The monoisotopic (exact) mass is 543 g/mol. The Morgan fingerprint density at radius 3 is 2.58 bits per heavy atom. The van der Waals surface area contributed by atoms with Gasteiger partial charge in [-0.05, 0) is 19.9 Å². The average Bonchev–Trinajstić information content (AvgIpc) is 3.23. The van der Waals surface area contributed by atoms with Crippen LogP contribution in [0.1, 0.15) is 25.2 Å². The molecule has 0 saturated carbocycles. The van der Waals surface area contributed by atoms with Crippen molar-refractivity contribution < 1.29 is 36.4 Å². The molecular formula is C17H21N9O8S2. The predicted octanol–water partition coefficient (Wildman–Crippen LogP) is -1.56. The highest BCUT2D eigenvalue weighted by Gasteiger charge is 2.58. The lowest BCUT2D eigenvalue weighted by molar-refractivity contribution is -0.218. The van der Waals surface area contributed by atoms with E-state index in [1.165, 1.54) is 31.4 Å². The van der Waals surface area contributed by atoms with Crippen molar-refractivity contribution in [2.24, 2.45) is 10.9 Å². The number of nitrogens with two attached hydrogens (primary N) is 2. The highest BCUT2D eigenvalue weighted by Crippen LogP contribution is 2.32. The standard InChI is InChI=1S/C17H21N9O8S2/c1-17(2)12(15(28)26(17)34-36(29,30)31)22-14(27)11(9-7-35-16(20)21-9)25-33-6-5-32-10-4-3-8(13(18)19)23-24-10/h3-4,7,12H,5-6H2,1-2H3,(H3,18,19)(H2,20,21)(H,22,27)(H,29,30,31)/b25-11-/t12-/m1/s1. The highest BCUT2D eigenvalue weighted by atomic mass is 32.3. The lowest BCUT2D eigenvalue weighted by atomic mass is 9.84. The third kappa shape index (κ3) is 6.19. The van der Waals surface area contributed by atoms with E-state index >= 15 is 0 Å². The van der Waals surface area contributed by atoms with Gasteiger partial charge in [-0.15, -0.1) is 25.8 Å². The number of thiazole rings is 1. The Bertz CT molecular complexity index is 1290. The normalized spacial score (nSPS) is 17.3. The molecule has 7 N–H and O–H groups in total. The summed E-state index contributed by atoms with van der Waals surface area (Å²) in [6, 6.07) is 1.69. The molecule has 1 fully saturated rings. The summed E-state index contributed by atoms with van der Waals surface area (Å²) in [6.07, 6.45) is 0. The van der Waals surface area contributed by atoms with Crippen LogP contribution < -0.4 is 21.5 Å². The molecule has 2 aromatic rings. The van der Waals surface area contributed by atoms with E-state index in [9.17, 15) is 18.0 Å². The first-order chi connectivity index (χ1) is 16.8. The number of amides is 2. The maximum atomic E-state index is 12.9. The van der Waals surface area contributed by atoms with Crippen LogP contribution >= 0.6 is 11.3 Å². The molecule has 36 heavy (non-hydrogen) atoms. The summed E-state index contributed by atoms with van der Waals surface area (Å²) in [5.74, 6) is -1.90. The zero-order chi connectivity index (χ0) is 26.7. The number of nitrogens with zero attached hydrogens (tertiary/aromatic N) is 5. The lowest BCUT2D eigenvalue weighted by Crippen LogP contribution is -2.76. The van der Waals surface area contributed by atoms with Crippen molar-refractivity contribution in [1.82, 2.24) is 25.6 Å². The number of hydrogen-bond acceptors (Lipinski definition) is 14. The van der Waals surface area contributed by atoms with Gasteiger partial charge in [0.05, 0.1) is 5.54 Å². The maximum absolute atomic E-state index is 12.9. The minimum Gasteiger partial charge on any atom is -0.473 e. The maximum Gasteiger partial charge on any atom is 0.418 e. The van der Waals surface area contributed by atoms with Crippen molar-refractivity contribution >= 4 is 50.2 Å². The van der Waals surface area contributed by atoms with Gasteiger partial charge in [0.2, 0.25) is 5.88 Å². The second kappa shape index (κ2) is 10.4. The fourth-order valence-corrected chi connectivity index (χ4v) is 3.86. The first-order valence-corrected chi connectivity index (χ1v) is 12.1. The van der Waals surface area contributed by atoms with Gasteiger partial charge in [-0.3, -0.25) is 19.6 Å². The Balaban J connectivity index is 1.64. The molecule has 1 aliphatic heterocycles. The SMILES string of the molecule is CC1(C)[C@H](NC(=O)/C(=N\OCCOc2ccc(C(=N)N)nn2)c2csc(N)n2)C(=O)N1OS(=O)(=O)O. The van der Waals surface area contributed by atoms with Gasteiger partial charge < -0.3 is 26.4 Å². The summed E-state index contributed by atoms with van der Waals surface area (Å²) in [5.41, 5.74) is 9.54. The molecule has 0 unspecified atom stereocenters. The van der Waals surface area contributed by atoms with E-state index in [1.54, 1.807) is 0 Å². The Kier molecular flexibility index (Phi) is 7.67. The van der Waals surface area contributed by atoms with Gasteiger partial charge in [-0.2, -0.15) is 13.5 Å². The molecule has 0 radical (unpaired) electrons. The molecule has 3 rings (SSSR count). The molecule has 0 aromatic carbocycles.